The van der Waals surface area contributed by atoms with E-state index in [0.29, 0.717) is 11.5 Å². The average molecular weight is 293 g/mol. The summed E-state index contributed by atoms with van der Waals surface area (Å²) >= 11 is 0. The summed E-state index contributed by atoms with van der Waals surface area (Å²) in [6, 6.07) is 1.22. The lowest BCUT2D eigenvalue weighted by Crippen LogP contribution is -2.57. The Balaban J connectivity index is 1.73. The van der Waals surface area contributed by atoms with Gasteiger partial charge in [0.25, 0.3) is 0 Å². The Morgan fingerprint density at radius 2 is 1.57 bits per heavy atom. The summed E-state index contributed by atoms with van der Waals surface area (Å²) in [7, 11) is 0. The van der Waals surface area contributed by atoms with E-state index in [9.17, 15) is 5.11 Å². The molecule has 3 unspecified atom stereocenters. The number of fused-ring (bicyclic) bond motifs is 1. The molecule has 2 heteroatoms. The lowest BCUT2D eigenvalue weighted by atomic mass is 9.68. The third-order valence-electron chi connectivity index (χ3n) is 6.72. The van der Waals surface area contributed by atoms with Gasteiger partial charge in [-0.1, -0.05) is 33.6 Å². The molecule has 1 saturated heterocycles. The van der Waals surface area contributed by atoms with Gasteiger partial charge in [0, 0.05) is 12.1 Å². The zero-order valence-corrected chi connectivity index (χ0v) is 14.4. The first-order chi connectivity index (χ1) is 9.97. The van der Waals surface area contributed by atoms with Crippen LogP contribution < -0.4 is 0 Å². The van der Waals surface area contributed by atoms with Crippen LogP contribution in [0.1, 0.15) is 78.6 Å². The molecule has 3 fully saturated rings. The fraction of sp³-hybridized carbons (Fsp3) is 1.00. The van der Waals surface area contributed by atoms with Crippen LogP contribution in [-0.4, -0.2) is 34.7 Å². The third kappa shape index (κ3) is 3.32. The van der Waals surface area contributed by atoms with Crippen LogP contribution in [-0.2, 0) is 0 Å². The van der Waals surface area contributed by atoms with Gasteiger partial charge in [-0.3, -0.25) is 4.90 Å². The largest absolute Gasteiger partial charge is 0.391 e. The minimum absolute atomic E-state index is 0.0794. The number of likely N-dealkylation sites (tertiary alicyclic amines) is 1. The highest BCUT2D eigenvalue weighted by Gasteiger charge is 2.43. The van der Waals surface area contributed by atoms with Gasteiger partial charge < -0.3 is 5.11 Å². The Morgan fingerprint density at radius 3 is 2.33 bits per heavy atom. The lowest BCUT2D eigenvalue weighted by Gasteiger charge is -2.52. The second kappa shape index (κ2) is 6.20. The zero-order valence-electron chi connectivity index (χ0n) is 14.4. The molecule has 3 aliphatic rings. The Kier molecular flexibility index (Phi) is 4.66. The van der Waals surface area contributed by atoms with Gasteiger partial charge >= 0.3 is 0 Å². The van der Waals surface area contributed by atoms with Crippen molar-refractivity contribution in [3.8, 4) is 0 Å². The molecule has 2 aliphatic carbocycles. The van der Waals surface area contributed by atoms with Crippen molar-refractivity contribution < 1.29 is 5.11 Å². The maximum Gasteiger partial charge on any atom is 0.0695 e. The van der Waals surface area contributed by atoms with Crippen LogP contribution in [0, 0.1) is 17.3 Å². The summed E-state index contributed by atoms with van der Waals surface area (Å²) in [5, 5.41) is 10.7. The van der Waals surface area contributed by atoms with E-state index in [1.54, 1.807) is 0 Å². The van der Waals surface area contributed by atoms with Gasteiger partial charge in [0.2, 0.25) is 0 Å². The predicted molar refractivity (Wildman–Crippen MR) is 88.3 cm³/mol. The van der Waals surface area contributed by atoms with Gasteiger partial charge in [0.1, 0.15) is 0 Å². The van der Waals surface area contributed by atoms with E-state index in [4.69, 9.17) is 0 Å². The highest BCUT2D eigenvalue weighted by atomic mass is 16.3. The van der Waals surface area contributed by atoms with Crippen LogP contribution in [0.25, 0.3) is 0 Å². The van der Waals surface area contributed by atoms with Crippen molar-refractivity contribution in [3.63, 3.8) is 0 Å². The molecular weight excluding hydrogens is 258 g/mol. The molecular formula is C19H35NO. The molecule has 0 aromatic heterocycles. The van der Waals surface area contributed by atoms with Crippen molar-refractivity contribution in [2.75, 3.05) is 6.54 Å². The maximum atomic E-state index is 10.7. The number of hydrogen-bond donors (Lipinski definition) is 1. The minimum atomic E-state index is -0.0794. The number of nitrogens with zero attached hydrogens (tertiary/aromatic N) is 1. The van der Waals surface area contributed by atoms with Crippen molar-refractivity contribution in [1.29, 1.82) is 0 Å². The lowest BCUT2D eigenvalue weighted by molar-refractivity contribution is -0.0647. The maximum absolute atomic E-state index is 10.7. The van der Waals surface area contributed by atoms with Gasteiger partial charge in [0.15, 0.2) is 0 Å². The molecule has 0 aromatic carbocycles. The fourth-order valence-electron chi connectivity index (χ4n) is 5.35. The average Bonchev–Trinajstić information content (AvgIpc) is 2.46. The van der Waals surface area contributed by atoms with Crippen molar-refractivity contribution in [3.05, 3.63) is 0 Å². The van der Waals surface area contributed by atoms with Crippen molar-refractivity contribution in [2.45, 2.75) is 96.7 Å². The number of hydrogen-bond acceptors (Lipinski definition) is 2. The van der Waals surface area contributed by atoms with E-state index < -0.39 is 0 Å². The molecule has 1 N–H and O–H groups in total. The second-order valence-corrected chi connectivity index (χ2v) is 9.00. The van der Waals surface area contributed by atoms with Crippen LogP contribution in [0.3, 0.4) is 0 Å². The Hall–Kier alpha value is -0.0800. The molecule has 0 bridgehead atoms. The standard InChI is InChI=1S/C19H35NO/c1-19(2,3)15-10-11-18(21)17(13-15)20-12-6-8-14-7-4-5-9-16(14)20/h14-18,21H,4-13H2,1-3H3/t14-,15?,16-,17?,18?/m1/s1. The zero-order chi connectivity index (χ0) is 15.0. The van der Waals surface area contributed by atoms with E-state index in [-0.39, 0.29) is 6.10 Å². The second-order valence-electron chi connectivity index (χ2n) is 9.00. The molecule has 122 valence electrons. The van der Waals surface area contributed by atoms with Crippen LogP contribution in [0.2, 0.25) is 0 Å². The van der Waals surface area contributed by atoms with E-state index in [1.165, 1.54) is 57.9 Å². The molecule has 0 spiro atoms. The topological polar surface area (TPSA) is 23.5 Å². The van der Waals surface area contributed by atoms with E-state index in [2.05, 4.69) is 25.7 Å². The van der Waals surface area contributed by atoms with Crippen molar-refractivity contribution in [1.82, 2.24) is 4.90 Å². The van der Waals surface area contributed by atoms with Gasteiger partial charge in [-0.15, -0.1) is 0 Å². The van der Waals surface area contributed by atoms with Crippen molar-refractivity contribution in [2.24, 2.45) is 17.3 Å². The van der Waals surface area contributed by atoms with Crippen LogP contribution in [0.5, 0.6) is 0 Å². The van der Waals surface area contributed by atoms with E-state index >= 15 is 0 Å². The first-order valence-corrected chi connectivity index (χ1v) is 9.40. The molecule has 2 nitrogen and oxygen atoms in total. The number of aliphatic hydroxyl groups is 1. The van der Waals surface area contributed by atoms with Crippen molar-refractivity contribution >= 4 is 0 Å². The summed E-state index contributed by atoms with van der Waals surface area (Å²) in [4.78, 5) is 2.76. The van der Waals surface area contributed by atoms with Crippen LogP contribution in [0.4, 0.5) is 0 Å². The van der Waals surface area contributed by atoms with Crippen LogP contribution in [0.15, 0.2) is 0 Å². The molecule has 1 aliphatic heterocycles. The molecule has 21 heavy (non-hydrogen) atoms. The summed E-state index contributed by atoms with van der Waals surface area (Å²) in [5.74, 6) is 1.70. The number of piperidine rings is 1. The van der Waals surface area contributed by atoms with Crippen LogP contribution >= 0.6 is 0 Å². The quantitative estimate of drug-likeness (QED) is 0.782. The third-order valence-corrected chi connectivity index (χ3v) is 6.72. The molecule has 1 heterocycles. The number of aliphatic hydroxyl groups excluding tert-OH is 1. The molecule has 0 aromatic rings. The van der Waals surface area contributed by atoms with E-state index in [1.807, 2.05) is 0 Å². The normalized spacial score (nSPS) is 42.6. The highest BCUT2D eigenvalue weighted by molar-refractivity contribution is 4.96. The summed E-state index contributed by atoms with van der Waals surface area (Å²) < 4.78 is 0. The molecule has 0 amide bonds. The van der Waals surface area contributed by atoms with Gasteiger partial charge in [-0.2, -0.15) is 0 Å². The first-order valence-electron chi connectivity index (χ1n) is 9.40. The summed E-state index contributed by atoms with van der Waals surface area (Å²) in [5.41, 5.74) is 0.389. The highest BCUT2D eigenvalue weighted by Crippen LogP contribution is 2.43. The summed E-state index contributed by atoms with van der Waals surface area (Å²) in [6.07, 6.45) is 11.8. The smallest absolute Gasteiger partial charge is 0.0695 e. The fourth-order valence-corrected chi connectivity index (χ4v) is 5.35. The molecule has 5 atom stereocenters. The molecule has 0 radical (unpaired) electrons. The first kappa shape index (κ1) is 15.8. The Labute approximate surface area is 131 Å². The molecule has 2 saturated carbocycles. The summed E-state index contributed by atoms with van der Waals surface area (Å²) in [6.45, 7) is 8.38. The predicted octanol–water partition coefficient (Wildman–Crippen LogP) is 4.22. The monoisotopic (exact) mass is 293 g/mol. The number of rotatable bonds is 1. The van der Waals surface area contributed by atoms with Gasteiger partial charge in [0.05, 0.1) is 6.10 Å². The molecule has 3 rings (SSSR count). The van der Waals surface area contributed by atoms with Gasteiger partial charge in [-0.05, 0) is 68.7 Å². The van der Waals surface area contributed by atoms with Gasteiger partial charge in [-0.25, -0.2) is 0 Å². The van der Waals surface area contributed by atoms with E-state index in [0.717, 1.165) is 24.3 Å². The Bertz CT molecular complexity index is 346. The Morgan fingerprint density at radius 1 is 0.857 bits per heavy atom. The minimum Gasteiger partial charge on any atom is -0.391 e. The SMILES string of the molecule is CC(C)(C)C1CCC(O)C(N2CCC[C@H]3CCCC[C@H]32)C1.